The van der Waals surface area contributed by atoms with Crippen LogP contribution in [0.4, 0.5) is 4.79 Å². The van der Waals surface area contributed by atoms with Crippen molar-refractivity contribution < 1.29 is 23.8 Å². The standard InChI is InChI=1S/C27H36N6O5/c1-27(2,3)38-26(35)32-13-12-21-22(36-19-8-4-17(5-9-19)24(28)29)14-33(16-34)15-23(21)37-20-10-6-18(7-11-20)25(30)31/h4-11,16,21-23H,12-15H2,1-3H3,(H3,28,29)(H3,30,31)(H,32,35). The highest BCUT2D eigenvalue weighted by Crippen LogP contribution is 2.29. The number of piperidine rings is 1. The molecule has 2 aromatic carbocycles. The minimum atomic E-state index is -0.616. The van der Waals surface area contributed by atoms with Crippen LogP contribution in [0.5, 0.6) is 11.5 Å². The summed E-state index contributed by atoms with van der Waals surface area (Å²) in [5.74, 6) is 0.819. The fraction of sp³-hybridized carbons (Fsp3) is 0.407. The van der Waals surface area contributed by atoms with E-state index in [0.29, 0.717) is 48.7 Å². The summed E-state index contributed by atoms with van der Waals surface area (Å²) < 4.78 is 18.0. The Morgan fingerprint density at radius 2 is 1.39 bits per heavy atom. The number of hydrogen-bond donors (Lipinski definition) is 5. The number of amidine groups is 2. The Morgan fingerprint density at radius 1 is 0.947 bits per heavy atom. The van der Waals surface area contributed by atoms with E-state index in [1.54, 1.807) is 74.2 Å². The lowest BCUT2D eigenvalue weighted by atomic mass is 9.87. The van der Waals surface area contributed by atoms with Crippen molar-refractivity contribution in [3.63, 3.8) is 0 Å². The van der Waals surface area contributed by atoms with Crippen molar-refractivity contribution in [3.8, 4) is 11.5 Å². The quantitative estimate of drug-likeness (QED) is 0.180. The van der Waals surface area contributed by atoms with Crippen LogP contribution in [0.25, 0.3) is 0 Å². The number of nitrogen functional groups attached to an aromatic ring is 2. The van der Waals surface area contributed by atoms with E-state index in [9.17, 15) is 9.59 Å². The summed E-state index contributed by atoms with van der Waals surface area (Å²) in [7, 11) is 0. The lowest BCUT2D eigenvalue weighted by Gasteiger charge is -2.42. The van der Waals surface area contributed by atoms with Crippen molar-refractivity contribution in [2.45, 2.75) is 45.0 Å². The normalized spacial score (nSPS) is 19.2. The number of rotatable bonds is 10. The molecule has 1 aliphatic rings. The lowest BCUT2D eigenvalue weighted by Crippen LogP contribution is -2.56. The van der Waals surface area contributed by atoms with Crippen LogP contribution in [-0.4, -0.2) is 66.5 Å². The molecule has 38 heavy (non-hydrogen) atoms. The predicted molar refractivity (Wildman–Crippen MR) is 144 cm³/mol. The molecular formula is C27H36N6O5. The number of hydrogen-bond acceptors (Lipinski definition) is 7. The molecule has 7 N–H and O–H groups in total. The van der Waals surface area contributed by atoms with Gasteiger partial charge >= 0.3 is 6.09 Å². The molecule has 1 aliphatic heterocycles. The molecule has 2 amide bonds. The smallest absolute Gasteiger partial charge is 0.407 e. The largest absolute Gasteiger partial charge is 0.488 e. The van der Waals surface area contributed by atoms with Crippen LogP contribution in [0, 0.1) is 16.7 Å². The Bertz CT molecular complexity index is 1060. The van der Waals surface area contributed by atoms with Crippen LogP contribution < -0.4 is 26.3 Å². The Balaban J connectivity index is 1.81. The number of nitrogens with two attached hydrogens (primary N) is 2. The van der Waals surface area contributed by atoms with Crippen LogP contribution >= 0.6 is 0 Å². The second-order valence-electron chi connectivity index (χ2n) is 10.1. The van der Waals surface area contributed by atoms with Crippen LogP contribution in [-0.2, 0) is 9.53 Å². The van der Waals surface area contributed by atoms with Crippen molar-refractivity contribution in [1.82, 2.24) is 10.2 Å². The van der Waals surface area contributed by atoms with E-state index in [0.717, 1.165) is 6.41 Å². The number of carbonyl (C=O) groups is 2. The zero-order valence-corrected chi connectivity index (χ0v) is 21.9. The zero-order chi connectivity index (χ0) is 27.9. The van der Waals surface area contributed by atoms with Gasteiger partial charge in [0.2, 0.25) is 6.41 Å². The van der Waals surface area contributed by atoms with E-state index < -0.39 is 23.9 Å². The molecule has 3 rings (SSSR count). The molecule has 0 spiro atoms. The third-order valence-electron chi connectivity index (χ3n) is 5.98. The van der Waals surface area contributed by atoms with Crippen LogP contribution in [0.1, 0.15) is 38.3 Å². The number of benzene rings is 2. The van der Waals surface area contributed by atoms with Gasteiger partial charge in [-0.2, -0.15) is 0 Å². The molecule has 1 saturated heterocycles. The predicted octanol–water partition coefficient (Wildman–Crippen LogP) is 2.45. The molecule has 2 unspecified atom stereocenters. The summed E-state index contributed by atoms with van der Waals surface area (Å²) >= 11 is 0. The minimum Gasteiger partial charge on any atom is -0.488 e. The minimum absolute atomic E-state index is 0.0447. The molecule has 0 saturated carbocycles. The second kappa shape index (κ2) is 12.3. The highest BCUT2D eigenvalue weighted by atomic mass is 16.6. The van der Waals surface area contributed by atoms with Crippen LogP contribution in [0.2, 0.25) is 0 Å². The molecule has 0 radical (unpaired) electrons. The van der Waals surface area contributed by atoms with E-state index in [4.69, 9.17) is 36.5 Å². The van der Waals surface area contributed by atoms with E-state index >= 15 is 0 Å². The Hall–Kier alpha value is -4.28. The average Bonchev–Trinajstić information content (AvgIpc) is 2.84. The molecule has 0 aromatic heterocycles. The Kier molecular flexibility index (Phi) is 9.16. The van der Waals surface area contributed by atoms with Gasteiger partial charge in [-0.3, -0.25) is 15.6 Å². The van der Waals surface area contributed by atoms with Crippen LogP contribution in [0.3, 0.4) is 0 Å². The average molecular weight is 525 g/mol. The van der Waals surface area contributed by atoms with Crippen molar-refractivity contribution in [2.75, 3.05) is 19.6 Å². The SMILES string of the molecule is CC(C)(C)OC(=O)NCCC1C(Oc2ccc(C(=N)N)cc2)CN(C=O)CC1Oc1ccc(C(=N)N)cc1. The highest BCUT2D eigenvalue weighted by Gasteiger charge is 2.39. The van der Waals surface area contributed by atoms with Gasteiger partial charge in [0.05, 0.1) is 13.1 Å². The molecule has 11 heteroatoms. The third-order valence-corrected chi connectivity index (χ3v) is 5.98. The maximum atomic E-state index is 12.2. The van der Waals surface area contributed by atoms with Crippen molar-refractivity contribution in [1.29, 1.82) is 10.8 Å². The summed E-state index contributed by atoms with van der Waals surface area (Å²) in [5.41, 5.74) is 11.6. The number of likely N-dealkylation sites (tertiary alicyclic amines) is 1. The molecule has 11 nitrogen and oxygen atoms in total. The molecule has 2 aromatic rings. The third kappa shape index (κ3) is 8.12. The maximum absolute atomic E-state index is 12.2. The fourth-order valence-corrected chi connectivity index (χ4v) is 4.18. The number of ether oxygens (including phenoxy) is 3. The van der Waals surface area contributed by atoms with Gasteiger partial charge in [0.25, 0.3) is 0 Å². The Labute approximate surface area is 222 Å². The van der Waals surface area contributed by atoms with E-state index in [2.05, 4.69) is 5.32 Å². The van der Waals surface area contributed by atoms with Gasteiger partial charge in [0.1, 0.15) is 41.0 Å². The van der Waals surface area contributed by atoms with Gasteiger partial charge < -0.3 is 35.9 Å². The topological polar surface area (TPSA) is 177 Å². The van der Waals surface area contributed by atoms with Crippen molar-refractivity contribution >= 4 is 24.2 Å². The monoisotopic (exact) mass is 524 g/mol. The number of alkyl carbamates (subject to hydrolysis) is 1. The summed E-state index contributed by atoms with van der Waals surface area (Å²) in [6, 6.07) is 13.7. The fourth-order valence-electron chi connectivity index (χ4n) is 4.18. The van der Waals surface area contributed by atoms with E-state index in [1.807, 2.05) is 0 Å². The first-order chi connectivity index (χ1) is 17.9. The molecule has 2 atom stereocenters. The van der Waals surface area contributed by atoms with Gasteiger partial charge in [-0.15, -0.1) is 0 Å². The molecule has 1 fully saturated rings. The second-order valence-corrected chi connectivity index (χ2v) is 10.1. The summed E-state index contributed by atoms with van der Waals surface area (Å²) in [6.07, 6.45) is -0.145. The molecule has 0 aliphatic carbocycles. The van der Waals surface area contributed by atoms with Gasteiger partial charge in [-0.1, -0.05) is 0 Å². The molecule has 0 bridgehead atoms. The van der Waals surface area contributed by atoms with E-state index in [1.165, 1.54) is 0 Å². The zero-order valence-electron chi connectivity index (χ0n) is 21.9. The van der Waals surface area contributed by atoms with Crippen molar-refractivity contribution in [2.24, 2.45) is 17.4 Å². The number of nitrogens with one attached hydrogen (secondary N) is 3. The van der Waals surface area contributed by atoms with Crippen molar-refractivity contribution in [3.05, 3.63) is 59.7 Å². The first-order valence-corrected chi connectivity index (χ1v) is 12.3. The number of carbonyl (C=O) groups excluding carboxylic acids is 2. The summed E-state index contributed by atoms with van der Waals surface area (Å²) in [5, 5.41) is 18.0. The first-order valence-electron chi connectivity index (χ1n) is 12.3. The maximum Gasteiger partial charge on any atom is 0.407 e. The first kappa shape index (κ1) is 28.3. The van der Waals surface area contributed by atoms with Crippen LogP contribution in [0.15, 0.2) is 48.5 Å². The van der Waals surface area contributed by atoms with E-state index in [-0.39, 0.29) is 17.6 Å². The lowest BCUT2D eigenvalue weighted by molar-refractivity contribution is -0.126. The van der Waals surface area contributed by atoms with Gasteiger partial charge in [-0.05, 0) is 75.7 Å². The summed E-state index contributed by atoms with van der Waals surface area (Å²) in [6.45, 7) is 6.36. The Morgan fingerprint density at radius 3 is 1.76 bits per heavy atom. The number of amides is 2. The number of nitrogens with zero attached hydrogens (tertiary/aromatic N) is 1. The highest BCUT2D eigenvalue weighted by molar-refractivity contribution is 5.95. The molecular weight excluding hydrogens is 488 g/mol. The molecule has 204 valence electrons. The van der Waals surface area contributed by atoms with Gasteiger partial charge in [-0.25, -0.2) is 4.79 Å². The molecule has 1 heterocycles. The van der Waals surface area contributed by atoms with Gasteiger partial charge in [0, 0.05) is 23.6 Å². The summed E-state index contributed by atoms with van der Waals surface area (Å²) in [4.78, 5) is 25.6. The van der Waals surface area contributed by atoms with Gasteiger partial charge in [0.15, 0.2) is 0 Å².